The van der Waals surface area contributed by atoms with Gasteiger partial charge in [0, 0.05) is 18.1 Å². The van der Waals surface area contributed by atoms with Crippen LogP contribution in [-0.4, -0.2) is 17.9 Å². The SMILES string of the molecule is CCCNc1c(C#N)cnc2ccc(OC(F)(F)F)cc12. The molecule has 0 amide bonds. The quantitative estimate of drug-likeness (QED) is 0.931. The third-order valence-electron chi connectivity index (χ3n) is 2.75. The van der Waals surface area contributed by atoms with Gasteiger partial charge in [0.2, 0.25) is 0 Å². The minimum atomic E-state index is -4.76. The van der Waals surface area contributed by atoms with Crippen LogP contribution in [0.1, 0.15) is 18.9 Å². The van der Waals surface area contributed by atoms with Gasteiger partial charge in [0.15, 0.2) is 0 Å². The molecule has 2 rings (SSSR count). The smallest absolute Gasteiger partial charge is 0.406 e. The van der Waals surface area contributed by atoms with Gasteiger partial charge in [-0.3, -0.25) is 4.98 Å². The van der Waals surface area contributed by atoms with Crippen LogP contribution >= 0.6 is 0 Å². The molecule has 0 saturated carbocycles. The first-order chi connectivity index (χ1) is 9.94. The second-order valence-electron chi connectivity index (χ2n) is 4.31. The number of nitrogens with one attached hydrogen (secondary N) is 1. The molecule has 0 aliphatic rings. The molecule has 0 aliphatic heterocycles. The van der Waals surface area contributed by atoms with Crippen LogP contribution in [0.15, 0.2) is 24.4 Å². The second-order valence-corrected chi connectivity index (χ2v) is 4.31. The lowest BCUT2D eigenvalue weighted by Gasteiger charge is -2.13. The molecule has 1 aromatic heterocycles. The number of hydrogen-bond donors (Lipinski definition) is 1. The summed E-state index contributed by atoms with van der Waals surface area (Å²) in [6.45, 7) is 2.54. The molecule has 2 aromatic rings. The maximum atomic E-state index is 12.3. The van der Waals surface area contributed by atoms with Crippen molar-refractivity contribution in [3.05, 3.63) is 30.0 Å². The maximum Gasteiger partial charge on any atom is 0.573 e. The van der Waals surface area contributed by atoms with E-state index < -0.39 is 6.36 Å². The Morgan fingerprint density at radius 2 is 2.14 bits per heavy atom. The molecule has 0 radical (unpaired) electrons. The number of alkyl halides is 3. The molecule has 1 aromatic carbocycles. The van der Waals surface area contributed by atoms with Crippen molar-refractivity contribution in [2.75, 3.05) is 11.9 Å². The van der Waals surface area contributed by atoms with Gasteiger partial charge in [-0.1, -0.05) is 6.92 Å². The number of hydrogen-bond acceptors (Lipinski definition) is 4. The Morgan fingerprint density at radius 1 is 1.38 bits per heavy atom. The molecule has 0 bridgehead atoms. The topological polar surface area (TPSA) is 57.9 Å². The summed E-state index contributed by atoms with van der Waals surface area (Å²) in [5, 5.41) is 12.6. The first-order valence-corrected chi connectivity index (χ1v) is 6.27. The van der Waals surface area contributed by atoms with Gasteiger partial charge in [0.25, 0.3) is 0 Å². The summed E-state index contributed by atoms with van der Waals surface area (Å²) in [7, 11) is 0. The summed E-state index contributed by atoms with van der Waals surface area (Å²) in [5.41, 5.74) is 1.24. The first kappa shape index (κ1) is 14.9. The highest BCUT2D eigenvalue weighted by Gasteiger charge is 2.31. The average Bonchev–Trinajstić information content (AvgIpc) is 2.42. The number of aromatic nitrogens is 1. The Kier molecular flexibility index (Phi) is 4.17. The van der Waals surface area contributed by atoms with Gasteiger partial charge in [-0.2, -0.15) is 5.26 Å². The molecule has 110 valence electrons. The van der Waals surface area contributed by atoms with E-state index in [0.717, 1.165) is 6.42 Å². The van der Waals surface area contributed by atoms with Crippen LogP contribution in [0.25, 0.3) is 10.9 Å². The highest BCUT2D eigenvalue weighted by atomic mass is 19.4. The lowest BCUT2D eigenvalue weighted by molar-refractivity contribution is -0.274. The zero-order valence-electron chi connectivity index (χ0n) is 11.2. The number of nitrogens with zero attached hydrogens (tertiary/aromatic N) is 2. The van der Waals surface area contributed by atoms with Crippen LogP contribution in [0.4, 0.5) is 18.9 Å². The summed E-state index contributed by atoms with van der Waals surface area (Å²) in [6.07, 6.45) is -2.55. The molecule has 1 heterocycles. The fraction of sp³-hybridized carbons (Fsp3) is 0.286. The predicted octanol–water partition coefficient (Wildman–Crippen LogP) is 3.83. The van der Waals surface area contributed by atoms with Crippen molar-refractivity contribution in [1.82, 2.24) is 4.98 Å². The number of pyridine rings is 1. The number of fused-ring (bicyclic) bond motifs is 1. The van der Waals surface area contributed by atoms with Crippen molar-refractivity contribution >= 4 is 16.6 Å². The molecule has 0 spiro atoms. The minimum absolute atomic E-state index is 0.278. The molecule has 7 heteroatoms. The van der Waals surface area contributed by atoms with Crippen LogP contribution < -0.4 is 10.1 Å². The van der Waals surface area contributed by atoms with Crippen molar-refractivity contribution in [2.45, 2.75) is 19.7 Å². The Labute approximate surface area is 119 Å². The number of nitriles is 1. The standard InChI is InChI=1S/C14H12F3N3O/c1-2-5-19-13-9(7-18)8-20-12-4-3-10(6-11(12)13)21-14(15,16)17/h3-4,6,8H,2,5H2,1H3,(H,19,20). The Hall–Kier alpha value is -2.49. The number of anilines is 1. The fourth-order valence-electron chi connectivity index (χ4n) is 1.89. The van der Waals surface area contributed by atoms with Crippen molar-refractivity contribution in [1.29, 1.82) is 5.26 Å². The van der Waals surface area contributed by atoms with E-state index in [9.17, 15) is 13.2 Å². The molecule has 21 heavy (non-hydrogen) atoms. The zero-order chi connectivity index (χ0) is 15.5. The molecule has 0 aliphatic carbocycles. The average molecular weight is 295 g/mol. The number of halogens is 3. The van der Waals surface area contributed by atoms with Gasteiger partial charge in [-0.25, -0.2) is 0 Å². The molecule has 4 nitrogen and oxygen atoms in total. The summed E-state index contributed by atoms with van der Waals surface area (Å²) < 4.78 is 40.8. The van der Waals surface area contributed by atoms with Gasteiger partial charge in [0.05, 0.1) is 16.8 Å². The van der Waals surface area contributed by atoms with Crippen molar-refractivity contribution in [3.63, 3.8) is 0 Å². The summed E-state index contributed by atoms with van der Waals surface area (Å²) in [5.74, 6) is -0.341. The fourth-order valence-corrected chi connectivity index (χ4v) is 1.89. The molecule has 0 fully saturated rings. The predicted molar refractivity (Wildman–Crippen MR) is 71.9 cm³/mol. The van der Waals surface area contributed by atoms with Gasteiger partial charge < -0.3 is 10.1 Å². The van der Waals surface area contributed by atoms with Gasteiger partial charge in [-0.05, 0) is 24.6 Å². The third-order valence-corrected chi connectivity index (χ3v) is 2.75. The summed E-state index contributed by atoms with van der Waals surface area (Å²) in [4.78, 5) is 4.06. The lowest BCUT2D eigenvalue weighted by Crippen LogP contribution is -2.17. The van der Waals surface area contributed by atoms with Crippen molar-refractivity contribution in [2.24, 2.45) is 0 Å². The van der Waals surface area contributed by atoms with E-state index in [1.54, 1.807) is 0 Å². The number of rotatable bonds is 4. The first-order valence-electron chi connectivity index (χ1n) is 6.27. The van der Waals surface area contributed by atoms with Crippen LogP contribution in [0.3, 0.4) is 0 Å². The molecule has 0 saturated heterocycles. The zero-order valence-corrected chi connectivity index (χ0v) is 11.2. The maximum absolute atomic E-state index is 12.3. The summed E-state index contributed by atoms with van der Waals surface area (Å²) >= 11 is 0. The number of benzene rings is 1. The Bertz CT molecular complexity index is 692. The minimum Gasteiger partial charge on any atom is -0.406 e. The Morgan fingerprint density at radius 3 is 2.76 bits per heavy atom. The van der Waals surface area contributed by atoms with Crippen LogP contribution in [0.5, 0.6) is 5.75 Å². The van der Waals surface area contributed by atoms with E-state index in [0.29, 0.717) is 23.1 Å². The van der Waals surface area contributed by atoms with E-state index in [1.807, 2.05) is 13.0 Å². The van der Waals surface area contributed by atoms with E-state index >= 15 is 0 Å². The van der Waals surface area contributed by atoms with Crippen LogP contribution in [-0.2, 0) is 0 Å². The molecular weight excluding hydrogens is 283 g/mol. The normalized spacial score (nSPS) is 11.2. The van der Waals surface area contributed by atoms with E-state index in [-0.39, 0.29) is 11.3 Å². The molecule has 1 N–H and O–H groups in total. The lowest BCUT2D eigenvalue weighted by atomic mass is 10.1. The third kappa shape index (κ3) is 3.54. The number of ether oxygens (including phenoxy) is 1. The molecule has 0 unspecified atom stereocenters. The monoisotopic (exact) mass is 295 g/mol. The molecule has 0 atom stereocenters. The van der Waals surface area contributed by atoms with E-state index in [2.05, 4.69) is 15.0 Å². The van der Waals surface area contributed by atoms with Gasteiger partial charge in [-0.15, -0.1) is 13.2 Å². The van der Waals surface area contributed by atoms with Crippen LogP contribution in [0, 0.1) is 11.3 Å². The van der Waals surface area contributed by atoms with Gasteiger partial charge in [0.1, 0.15) is 11.8 Å². The van der Waals surface area contributed by atoms with Crippen LogP contribution in [0.2, 0.25) is 0 Å². The van der Waals surface area contributed by atoms with Crippen molar-refractivity contribution in [3.8, 4) is 11.8 Å². The highest BCUT2D eigenvalue weighted by molar-refractivity contribution is 5.94. The van der Waals surface area contributed by atoms with Crippen molar-refractivity contribution < 1.29 is 17.9 Å². The summed E-state index contributed by atoms with van der Waals surface area (Å²) in [6, 6.07) is 5.83. The largest absolute Gasteiger partial charge is 0.573 e. The van der Waals surface area contributed by atoms with E-state index in [4.69, 9.17) is 5.26 Å². The molecular formula is C14H12F3N3O. The second kappa shape index (κ2) is 5.87. The van der Waals surface area contributed by atoms with Gasteiger partial charge >= 0.3 is 6.36 Å². The highest BCUT2D eigenvalue weighted by Crippen LogP contribution is 2.31. The Balaban J connectivity index is 2.54. The van der Waals surface area contributed by atoms with E-state index in [1.165, 1.54) is 24.4 Å².